The molecule has 0 spiro atoms. The molecule has 5 rings (SSSR count). The molecule has 2 nitrogen and oxygen atoms in total. The predicted octanol–water partition coefficient (Wildman–Crippen LogP) is 5.66. The van der Waals surface area contributed by atoms with E-state index in [4.69, 9.17) is 4.74 Å². The minimum absolute atomic E-state index is 0.284. The Hall–Kier alpha value is -3.39. The van der Waals surface area contributed by atoms with Gasteiger partial charge in [-0.15, -0.1) is 0 Å². The van der Waals surface area contributed by atoms with Crippen molar-refractivity contribution in [3.63, 3.8) is 0 Å². The maximum Gasteiger partial charge on any atom is 0.344 e. The lowest BCUT2D eigenvalue weighted by Crippen LogP contribution is -1.93. The number of carbonyl (C=O) groups excluding carboxylic acids is 1. The van der Waals surface area contributed by atoms with Gasteiger partial charge in [0.25, 0.3) is 0 Å². The number of ether oxygens (including phenoxy) is 1. The maximum absolute atomic E-state index is 12.3. The third-order valence-electron chi connectivity index (χ3n) is 4.65. The first-order valence-corrected chi connectivity index (χ1v) is 8.24. The fraction of sp³-hybridized carbons (Fsp3) is 0. The SMILES string of the molecule is O=C1O/C(=C\c2ccc3ccccc3c2)c2cc3ccccc3cc21. The van der Waals surface area contributed by atoms with E-state index in [0.29, 0.717) is 11.3 Å². The van der Waals surface area contributed by atoms with Crippen LogP contribution in [0.1, 0.15) is 21.5 Å². The number of fused-ring (bicyclic) bond motifs is 3. The van der Waals surface area contributed by atoms with Crippen LogP contribution in [0.3, 0.4) is 0 Å². The predicted molar refractivity (Wildman–Crippen MR) is 101 cm³/mol. The van der Waals surface area contributed by atoms with E-state index in [-0.39, 0.29) is 5.97 Å². The number of hydrogen-bond donors (Lipinski definition) is 0. The quantitative estimate of drug-likeness (QED) is 0.423. The van der Waals surface area contributed by atoms with E-state index in [2.05, 4.69) is 24.3 Å². The molecule has 0 bridgehead atoms. The second-order valence-corrected chi connectivity index (χ2v) is 6.25. The summed E-state index contributed by atoms with van der Waals surface area (Å²) in [5.74, 6) is 0.328. The standard InChI is InChI=1S/C23H14O2/c24-23-21-14-19-8-4-3-7-18(19)13-20(21)22(25-23)12-15-9-10-16-5-1-2-6-17(16)11-15/h1-14H/b22-12-. The first-order valence-electron chi connectivity index (χ1n) is 8.24. The average Bonchev–Trinajstić information content (AvgIpc) is 2.95. The lowest BCUT2D eigenvalue weighted by atomic mass is 10.00. The lowest BCUT2D eigenvalue weighted by Gasteiger charge is -2.03. The van der Waals surface area contributed by atoms with Gasteiger partial charge in [0, 0.05) is 5.56 Å². The first-order chi connectivity index (χ1) is 12.3. The monoisotopic (exact) mass is 322 g/mol. The highest BCUT2D eigenvalue weighted by Crippen LogP contribution is 2.34. The smallest absolute Gasteiger partial charge is 0.344 e. The van der Waals surface area contributed by atoms with Crippen LogP contribution in [0.15, 0.2) is 78.9 Å². The molecule has 1 heterocycles. The van der Waals surface area contributed by atoms with Gasteiger partial charge in [-0.05, 0) is 51.4 Å². The number of hydrogen-bond acceptors (Lipinski definition) is 2. The molecule has 0 atom stereocenters. The third kappa shape index (κ3) is 2.31. The van der Waals surface area contributed by atoms with Gasteiger partial charge in [-0.1, -0.05) is 60.7 Å². The van der Waals surface area contributed by atoms with Crippen molar-refractivity contribution in [3.8, 4) is 0 Å². The van der Waals surface area contributed by atoms with Gasteiger partial charge < -0.3 is 4.74 Å². The van der Waals surface area contributed by atoms with E-state index in [1.54, 1.807) is 0 Å². The molecule has 0 radical (unpaired) electrons. The summed E-state index contributed by atoms with van der Waals surface area (Å²) in [6, 6.07) is 26.4. The van der Waals surface area contributed by atoms with Gasteiger partial charge >= 0.3 is 5.97 Å². The van der Waals surface area contributed by atoms with Crippen molar-refractivity contribution in [2.45, 2.75) is 0 Å². The first kappa shape index (κ1) is 14.0. The fourth-order valence-electron chi connectivity index (χ4n) is 3.38. The molecule has 0 aromatic heterocycles. The summed E-state index contributed by atoms with van der Waals surface area (Å²) in [5.41, 5.74) is 2.50. The molecule has 0 saturated heterocycles. The lowest BCUT2D eigenvalue weighted by molar-refractivity contribution is 0.0717. The highest BCUT2D eigenvalue weighted by molar-refractivity contribution is 6.09. The number of rotatable bonds is 1. The highest BCUT2D eigenvalue weighted by Gasteiger charge is 2.26. The Kier molecular flexibility index (Phi) is 2.98. The van der Waals surface area contributed by atoms with Crippen molar-refractivity contribution in [1.82, 2.24) is 0 Å². The van der Waals surface area contributed by atoms with Gasteiger partial charge in [0.15, 0.2) is 0 Å². The van der Waals surface area contributed by atoms with Crippen molar-refractivity contribution < 1.29 is 9.53 Å². The topological polar surface area (TPSA) is 26.3 Å². The molecule has 2 heteroatoms. The zero-order valence-electron chi connectivity index (χ0n) is 13.4. The Bertz CT molecular complexity index is 1190. The number of cyclic esters (lactones) is 1. The number of benzene rings is 4. The molecule has 4 aromatic carbocycles. The Morgan fingerprint density at radius 2 is 1.24 bits per heavy atom. The van der Waals surface area contributed by atoms with E-state index in [0.717, 1.165) is 21.9 Å². The highest BCUT2D eigenvalue weighted by atomic mass is 16.5. The molecule has 0 aliphatic carbocycles. The molecule has 25 heavy (non-hydrogen) atoms. The van der Waals surface area contributed by atoms with Crippen molar-refractivity contribution in [1.29, 1.82) is 0 Å². The minimum atomic E-state index is -0.284. The van der Waals surface area contributed by atoms with E-state index in [1.165, 1.54) is 10.8 Å². The normalized spacial score (nSPS) is 14.9. The molecular formula is C23H14O2. The Morgan fingerprint density at radius 3 is 1.96 bits per heavy atom. The molecule has 4 aromatic rings. The van der Waals surface area contributed by atoms with Crippen LogP contribution in [0.2, 0.25) is 0 Å². The molecule has 0 N–H and O–H groups in total. The van der Waals surface area contributed by atoms with Crippen LogP contribution in [-0.2, 0) is 4.74 Å². The van der Waals surface area contributed by atoms with Crippen LogP contribution in [0.25, 0.3) is 33.4 Å². The molecule has 118 valence electrons. The van der Waals surface area contributed by atoms with Crippen LogP contribution in [0.4, 0.5) is 0 Å². The van der Waals surface area contributed by atoms with E-state index in [9.17, 15) is 4.79 Å². The molecular weight excluding hydrogens is 308 g/mol. The van der Waals surface area contributed by atoms with Crippen molar-refractivity contribution in [2.24, 2.45) is 0 Å². The average molecular weight is 322 g/mol. The van der Waals surface area contributed by atoms with Crippen LogP contribution < -0.4 is 0 Å². The van der Waals surface area contributed by atoms with Crippen molar-refractivity contribution in [3.05, 3.63) is 95.6 Å². The van der Waals surface area contributed by atoms with Gasteiger partial charge in [-0.3, -0.25) is 0 Å². The fourth-order valence-corrected chi connectivity index (χ4v) is 3.38. The minimum Gasteiger partial charge on any atom is -0.422 e. The molecule has 0 fully saturated rings. The Balaban J connectivity index is 1.66. The summed E-state index contributed by atoms with van der Waals surface area (Å²) >= 11 is 0. The van der Waals surface area contributed by atoms with Crippen molar-refractivity contribution >= 4 is 39.3 Å². The van der Waals surface area contributed by atoms with Crippen LogP contribution in [-0.4, -0.2) is 5.97 Å². The van der Waals surface area contributed by atoms with E-state index < -0.39 is 0 Å². The zero-order valence-corrected chi connectivity index (χ0v) is 13.4. The largest absolute Gasteiger partial charge is 0.422 e. The molecule has 1 aliphatic heterocycles. The molecule has 1 aliphatic rings. The van der Waals surface area contributed by atoms with Gasteiger partial charge in [0.05, 0.1) is 5.56 Å². The van der Waals surface area contributed by atoms with E-state index >= 15 is 0 Å². The second kappa shape index (κ2) is 5.32. The molecule has 0 unspecified atom stereocenters. The summed E-state index contributed by atoms with van der Waals surface area (Å²) in [7, 11) is 0. The molecule has 0 amide bonds. The Labute approximate surface area is 145 Å². The molecule has 0 saturated carbocycles. The summed E-state index contributed by atoms with van der Waals surface area (Å²) in [6.07, 6.45) is 1.94. The Morgan fingerprint density at radius 1 is 0.640 bits per heavy atom. The third-order valence-corrected chi connectivity index (χ3v) is 4.65. The summed E-state index contributed by atoms with van der Waals surface area (Å²) in [6.45, 7) is 0. The van der Waals surface area contributed by atoms with Gasteiger partial charge in [0.1, 0.15) is 5.76 Å². The second-order valence-electron chi connectivity index (χ2n) is 6.25. The van der Waals surface area contributed by atoms with Crippen LogP contribution in [0.5, 0.6) is 0 Å². The zero-order chi connectivity index (χ0) is 16.8. The summed E-state index contributed by atoms with van der Waals surface area (Å²) < 4.78 is 5.54. The van der Waals surface area contributed by atoms with Crippen LogP contribution >= 0.6 is 0 Å². The number of carbonyl (C=O) groups is 1. The maximum atomic E-state index is 12.3. The summed E-state index contributed by atoms with van der Waals surface area (Å²) in [5, 5.41) is 4.51. The van der Waals surface area contributed by atoms with Crippen LogP contribution in [0, 0.1) is 0 Å². The van der Waals surface area contributed by atoms with Gasteiger partial charge in [-0.2, -0.15) is 0 Å². The van der Waals surface area contributed by atoms with Gasteiger partial charge in [0.2, 0.25) is 0 Å². The van der Waals surface area contributed by atoms with E-state index in [1.807, 2.05) is 60.7 Å². The number of esters is 1. The summed E-state index contributed by atoms with van der Waals surface area (Å²) in [4.78, 5) is 12.3. The van der Waals surface area contributed by atoms with Crippen molar-refractivity contribution in [2.75, 3.05) is 0 Å². The van der Waals surface area contributed by atoms with Gasteiger partial charge in [-0.25, -0.2) is 4.79 Å².